The Kier molecular flexibility index (Phi) is 4.51. The Morgan fingerprint density at radius 3 is 2.59 bits per heavy atom. The molecule has 6 heteroatoms. The van der Waals surface area contributed by atoms with Gasteiger partial charge in [-0.05, 0) is 13.0 Å². The molecule has 118 valence electrons. The number of carbonyl (C=O) groups is 1. The van der Waals surface area contributed by atoms with Gasteiger partial charge in [0.25, 0.3) is 5.91 Å². The number of hydrogen-bond acceptors (Lipinski definition) is 4. The Balaban J connectivity index is 2.12. The number of pyridine rings is 1. The summed E-state index contributed by atoms with van der Waals surface area (Å²) in [5.41, 5.74) is 1.34. The Labute approximate surface area is 134 Å². The smallest absolute Gasteiger partial charge is 0.253 e. The van der Waals surface area contributed by atoms with Gasteiger partial charge in [-0.3, -0.25) is 9.59 Å². The number of amides is 1. The molecule has 0 radical (unpaired) electrons. The van der Waals surface area contributed by atoms with Gasteiger partial charge in [0, 0.05) is 30.1 Å². The van der Waals surface area contributed by atoms with E-state index in [1.807, 2.05) is 12.3 Å². The summed E-state index contributed by atoms with van der Waals surface area (Å²) in [5, 5.41) is 5.83. The Morgan fingerprint density at radius 1 is 1.36 bits per heavy atom. The van der Waals surface area contributed by atoms with E-state index in [0.717, 1.165) is 10.7 Å². The summed E-state index contributed by atoms with van der Waals surface area (Å²) in [6, 6.07) is 2.75. The summed E-state index contributed by atoms with van der Waals surface area (Å²) in [4.78, 5) is 28.2. The molecule has 22 heavy (non-hydrogen) atoms. The molecule has 1 N–H and O–H groups in total. The average molecular weight is 319 g/mol. The minimum absolute atomic E-state index is 0.00378. The first kappa shape index (κ1) is 16.4. The second-order valence-corrected chi connectivity index (χ2v) is 7.27. The molecule has 0 aliphatic heterocycles. The summed E-state index contributed by atoms with van der Waals surface area (Å²) in [6.45, 7) is 8.24. The molecule has 0 bridgehead atoms. The second-order valence-electron chi connectivity index (χ2n) is 6.38. The van der Waals surface area contributed by atoms with Gasteiger partial charge in [-0.25, -0.2) is 4.98 Å². The molecule has 0 aromatic carbocycles. The molecule has 2 rings (SSSR count). The van der Waals surface area contributed by atoms with Crippen molar-refractivity contribution in [1.82, 2.24) is 14.9 Å². The van der Waals surface area contributed by atoms with Crippen LogP contribution < -0.4 is 10.9 Å². The summed E-state index contributed by atoms with van der Waals surface area (Å²) < 4.78 is 1.39. The van der Waals surface area contributed by atoms with Crippen LogP contribution in [0.1, 0.15) is 54.8 Å². The van der Waals surface area contributed by atoms with Crippen molar-refractivity contribution in [3.05, 3.63) is 50.3 Å². The van der Waals surface area contributed by atoms with Gasteiger partial charge >= 0.3 is 0 Å². The minimum Gasteiger partial charge on any atom is -0.343 e. The normalized spacial score (nSPS) is 13.0. The molecular formula is C16H21N3O2S. The molecule has 0 aliphatic rings. The van der Waals surface area contributed by atoms with E-state index in [2.05, 4.69) is 31.1 Å². The monoisotopic (exact) mass is 319 g/mol. The van der Waals surface area contributed by atoms with Gasteiger partial charge < -0.3 is 9.88 Å². The van der Waals surface area contributed by atoms with E-state index >= 15 is 0 Å². The van der Waals surface area contributed by atoms with E-state index < -0.39 is 0 Å². The molecule has 0 aliphatic carbocycles. The third-order valence-electron chi connectivity index (χ3n) is 3.36. The standard InChI is InChI=1S/C16H21N3O2S/c1-10(15-18-12(9-22-15)16(2,3)4)17-14(21)11-6-7-13(20)19(5)8-11/h6-10H,1-5H3,(H,17,21)/t10-/m1/s1. The molecule has 1 atom stereocenters. The number of rotatable bonds is 3. The summed E-state index contributed by atoms with van der Waals surface area (Å²) in [7, 11) is 1.62. The van der Waals surface area contributed by atoms with Gasteiger partial charge in [-0.15, -0.1) is 11.3 Å². The van der Waals surface area contributed by atoms with Gasteiger partial charge in [-0.1, -0.05) is 20.8 Å². The maximum atomic E-state index is 12.2. The van der Waals surface area contributed by atoms with Crippen molar-refractivity contribution in [3.63, 3.8) is 0 Å². The lowest BCUT2D eigenvalue weighted by atomic mass is 9.93. The van der Waals surface area contributed by atoms with Crippen LogP contribution in [0.4, 0.5) is 0 Å². The van der Waals surface area contributed by atoms with Crippen LogP contribution in [0.2, 0.25) is 0 Å². The lowest BCUT2D eigenvalue weighted by molar-refractivity contribution is 0.0939. The Morgan fingerprint density at radius 2 is 2.05 bits per heavy atom. The van der Waals surface area contributed by atoms with Crippen LogP contribution in [0.15, 0.2) is 28.5 Å². The van der Waals surface area contributed by atoms with Crippen molar-refractivity contribution in [2.75, 3.05) is 0 Å². The van der Waals surface area contributed by atoms with E-state index in [0.29, 0.717) is 5.56 Å². The van der Waals surface area contributed by atoms with Crippen LogP contribution in [0.25, 0.3) is 0 Å². The SMILES string of the molecule is C[C@@H](NC(=O)c1ccc(=O)n(C)c1)c1nc(C(C)(C)C)cs1. The molecule has 0 saturated carbocycles. The van der Waals surface area contributed by atoms with E-state index in [1.165, 1.54) is 22.9 Å². The molecule has 0 unspecified atom stereocenters. The van der Waals surface area contributed by atoms with E-state index in [1.54, 1.807) is 18.4 Å². The van der Waals surface area contributed by atoms with Crippen LogP contribution in [0.3, 0.4) is 0 Å². The van der Waals surface area contributed by atoms with Gasteiger partial charge in [0.15, 0.2) is 0 Å². The van der Waals surface area contributed by atoms with Crippen LogP contribution in [-0.4, -0.2) is 15.5 Å². The highest BCUT2D eigenvalue weighted by molar-refractivity contribution is 7.09. The van der Waals surface area contributed by atoms with E-state index in [4.69, 9.17) is 0 Å². The number of aryl methyl sites for hydroxylation is 1. The molecule has 0 saturated heterocycles. The molecular weight excluding hydrogens is 298 g/mol. The molecule has 2 heterocycles. The topological polar surface area (TPSA) is 64.0 Å². The fourth-order valence-electron chi connectivity index (χ4n) is 1.90. The Bertz CT molecular complexity index is 740. The minimum atomic E-state index is -0.212. The summed E-state index contributed by atoms with van der Waals surface area (Å²) >= 11 is 1.55. The number of aromatic nitrogens is 2. The first-order valence-corrected chi connectivity index (χ1v) is 8.00. The molecule has 2 aromatic rings. The maximum absolute atomic E-state index is 12.2. The van der Waals surface area contributed by atoms with Crippen LogP contribution in [-0.2, 0) is 12.5 Å². The number of hydrogen-bond donors (Lipinski definition) is 1. The Hall–Kier alpha value is -1.95. The van der Waals surface area contributed by atoms with Gasteiger partial charge in [-0.2, -0.15) is 0 Å². The zero-order valence-corrected chi connectivity index (χ0v) is 14.3. The van der Waals surface area contributed by atoms with Crippen molar-refractivity contribution in [1.29, 1.82) is 0 Å². The fourth-order valence-corrected chi connectivity index (χ4v) is 2.95. The highest BCUT2D eigenvalue weighted by atomic mass is 32.1. The fraction of sp³-hybridized carbons (Fsp3) is 0.438. The number of thiazole rings is 1. The largest absolute Gasteiger partial charge is 0.343 e. The molecule has 5 nitrogen and oxygen atoms in total. The quantitative estimate of drug-likeness (QED) is 0.946. The molecule has 1 amide bonds. The summed E-state index contributed by atoms with van der Waals surface area (Å²) in [6.07, 6.45) is 1.53. The van der Waals surface area contributed by atoms with Crippen LogP contribution >= 0.6 is 11.3 Å². The predicted octanol–water partition coefficient (Wildman–Crippen LogP) is 2.63. The predicted molar refractivity (Wildman–Crippen MR) is 88.4 cm³/mol. The zero-order valence-electron chi connectivity index (χ0n) is 13.5. The van der Waals surface area contributed by atoms with E-state index in [9.17, 15) is 9.59 Å². The molecule has 0 fully saturated rings. The van der Waals surface area contributed by atoms with Crippen molar-refractivity contribution in [2.45, 2.75) is 39.2 Å². The van der Waals surface area contributed by atoms with Gasteiger partial charge in [0.1, 0.15) is 5.01 Å². The zero-order chi connectivity index (χ0) is 16.5. The molecule has 2 aromatic heterocycles. The summed E-state index contributed by atoms with van der Waals surface area (Å²) in [5.74, 6) is -0.212. The van der Waals surface area contributed by atoms with Crippen molar-refractivity contribution >= 4 is 17.2 Å². The average Bonchev–Trinajstić information content (AvgIpc) is 2.91. The van der Waals surface area contributed by atoms with Crippen molar-refractivity contribution in [3.8, 4) is 0 Å². The number of nitrogens with zero attached hydrogens (tertiary/aromatic N) is 2. The third-order valence-corrected chi connectivity index (χ3v) is 4.38. The second kappa shape index (κ2) is 6.04. The van der Waals surface area contributed by atoms with Gasteiger partial charge in [0.2, 0.25) is 5.56 Å². The number of nitrogens with one attached hydrogen (secondary N) is 1. The first-order chi connectivity index (χ1) is 10.2. The molecule has 0 spiro atoms. The highest BCUT2D eigenvalue weighted by Gasteiger charge is 2.20. The first-order valence-electron chi connectivity index (χ1n) is 7.12. The lowest BCUT2D eigenvalue weighted by Crippen LogP contribution is -2.28. The highest BCUT2D eigenvalue weighted by Crippen LogP contribution is 2.26. The maximum Gasteiger partial charge on any atom is 0.253 e. The van der Waals surface area contributed by atoms with Crippen LogP contribution in [0.5, 0.6) is 0 Å². The lowest BCUT2D eigenvalue weighted by Gasteiger charge is -2.15. The van der Waals surface area contributed by atoms with Crippen molar-refractivity contribution < 1.29 is 4.79 Å². The third kappa shape index (κ3) is 3.62. The number of carbonyl (C=O) groups excluding carboxylic acids is 1. The van der Waals surface area contributed by atoms with Crippen molar-refractivity contribution in [2.24, 2.45) is 7.05 Å². The van der Waals surface area contributed by atoms with E-state index in [-0.39, 0.29) is 22.9 Å². The van der Waals surface area contributed by atoms with Gasteiger partial charge in [0.05, 0.1) is 17.3 Å². The van der Waals surface area contributed by atoms with Crippen LogP contribution in [0, 0.1) is 0 Å².